The van der Waals surface area contributed by atoms with Crippen molar-refractivity contribution in [1.82, 2.24) is 19.1 Å². The Labute approximate surface area is 332 Å². The molecule has 0 saturated carbocycles. The highest BCUT2D eigenvalue weighted by molar-refractivity contribution is 7.26. The monoisotopic (exact) mass is 744 g/mol. The quantitative estimate of drug-likeness (QED) is 0.176. The second kappa shape index (κ2) is 12.6. The molecule has 4 nitrogen and oxygen atoms in total. The molecule has 0 fully saturated rings. The molecule has 0 N–H and O–H groups in total. The van der Waals surface area contributed by atoms with E-state index in [-0.39, 0.29) is 0 Å². The molecule has 0 spiro atoms. The predicted molar refractivity (Wildman–Crippen MR) is 240 cm³/mol. The maximum absolute atomic E-state index is 5.40. The molecule has 0 amide bonds. The maximum atomic E-state index is 5.40. The molecule has 0 unspecified atom stereocenters. The molecule has 5 heteroatoms. The fraction of sp³-hybridized carbons (Fsp3) is 0. The molecule has 12 rings (SSSR count). The normalized spacial score (nSPS) is 11.9. The van der Waals surface area contributed by atoms with Gasteiger partial charge in [0.1, 0.15) is 0 Å². The first-order chi connectivity index (χ1) is 28.3. The van der Waals surface area contributed by atoms with Crippen molar-refractivity contribution < 1.29 is 0 Å². The Bertz CT molecular complexity index is 3500. The van der Waals surface area contributed by atoms with Crippen LogP contribution in [-0.2, 0) is 0 Å². The molecular formula is C52H32N4S. The van der Waals surface area contributed by atoms with E-state index in [0.717, 1.165) is 54.7 Å². The lowest BCUT2D eigenvalue weighted by atomic mass is 10.0. The molecular weight excluding hydrogens is 713 g/mol. The van der Waals surface area contributed by atoms with Crippen LogP contribution in [0.25, 0.3) is 109 Å². The summed E-state index contributed by atoms with van der Waals surface area (Å²) in [6, 6.07) is 69.6. The van der Waals surface area contributed by atoms with Crippen LogP contribution in [0.3, 0.4) is 0 Å². The fourth-order valence-corrected chi connectivity index (χ4v) is 9.85. The lowest BCUT2D eigenvalue weighted by molar-refractivity contribution is 1.02. The first-order valence-electron chi connectivity index (χ1n) is 19.2. The van der Waals surface area contributed by atoms with Crippen LogP contribution in [0.15, 0.2) is 194 Å². The van der Waals surface area contributed by atoms with Crippen LogP contribution in [0, 0.1) is 0 Å². The number of benzene rings is 8. The van der Waals surface area contributed by atoms with Gasteiger partial charge in [0.2, 0.25) is 5.95 Å². The average molecular weight is 745 g/mol. The molecule has 0 radical (unpaired) electrons. The van der Waals surface area contributed by atoms with Gasteiger partial charge < -0.3 is 4.57 Å². The van der Waals surface area contributed by atoms with Crippen molar-refractivity contribution >= 4 is 75.3 Å². The third-order valence-electron chi connectivity index (χ3n) is 11.4. The van der Waals surface area contributed by atoms with Crippen molar-refractivity contribution in [2.24, 2.45) is 0 Å². The van der Waals surface area contributed by atoms with Crippen molar-refractivity contribution in [3.8, 4) is 45.1 Å². The van der Waals surface area contributed by atoms with Gasteiger partial charge in [-0.1, -0.05) is 146 Å². The summed E-state index contributed by atoms with van der Waals surface area (Å²) < 4.78 is 6.96. The largest absolute Gasteiger partial charge is 0.309 e. The van der Waals surface area contributed by atoms with Crippen LogP contribution in [0.5, 0.6) is 0 Å². The molecule has 12 aromatic rings. The van der Waals surface area contributed by atoms with E-state index >= 15 is 0 Å². The number of para-hydroxylation sites is 2. The Morgan fingerprint density at radius 3 is 1.67 bits per heavy atom. The smallest absolute Gasteiger partial charge is 0.235 e. The maximum Gasteiger partial charge on any atom is 0.235 e. The summed E-state index contributed by atoms with van der Waals surface area (Å²) in [6.07, 6.45) is 0. The van der Waals surface area contributed by atoms with Crippen molar-refractivity contribution in [2.75, 3.05) is 0 Å². The topological polar surface area (TPSA) is 35.6 Å². The first kappa shape index (κ1) is 32.0. The number of hydrogen-bond donors (Lipinski definition) is 0. The van der Waals surface area contributed by atoms with Crippen LogP contribution >= 0.6 is 11.3 Å². The Morgan fingerprint density at radius 1 is 0.351 bits per heavy atom. The second-order valence-electron chi connectivity index (χ2n) is 14.6. The van der Waals surface area contributed by atoms with Crippen LogP contribution in [-0.4, -0.2) is 19.1 Å². The molecule has 0 atom stereocenters. The highest BCUT2D eigenvalue weighted by Gasteiger charge is 2.21. The zero-order valence-corrected chi connectivity index (χ0v) is 31.5. The van der Waals surface area contributed by atoms with E-state index in [4.69, 9.17) is 9.97 Å². The lowest BCUT2D eigenvalue weighted by Gasteiger charge is -2.11. The molecule has 0 aliphatic heterocycles. The number of aromatic nitrogens is 4. The molecule has 57 heavy (non-hydrogen) atoms. The molecule has 0 bridgehead atoms. The van der Waals surface area contributed by atoms with E-state index in [1.807, 2.05) is 0 Å². The van der Waals surface area contributed by atoms with Crippen LogP contribution < -0.4 is 0 Å². The number of fused-ring (bicyclic) bond motifs is 9. The van der Waals surface area contributed by atoms with Gasteiger partial charge in [-0.05, 0) is 70.8 Å². The summed E-state index contributed by atoms with van der Waals surface area (Å²) in [5.74, 6) is 0.671. The Kier molecular flexibility index (Phi) is 7.06. The van der Waals surface area contributed by atoms with E-state index in [1.165, 1.54) is 48.4 Å². The molecule has 4 heterocycles. The Balaban J connectivity index is 1.05. The van der Waals surface area contributed by atoms with E-state index in [1.54, 1.807) is 11.3 Å². The van der Waals surface area contributed by atoms with Crippen molar-refractivity contribution in [3.63, 3.8) is 0 Å². The third kappa shape index (κ3) is 4.99. The van der Waals surface area contributed by atoms with Crippen molar-refractivity contribution in [2.45, 2.75) is 0 Å². The first-order valence-corrected chi connectivity index (χ1v) is 20.1. The number of hydrogen-bond acceptors (Lipinski definition) is 3. The summed E-state index contributed by atoms with van der Waals surface area (Å²) in [5.41, 5.74) is 13.4. The highest BCUT2D eigenvalue weighted by Crippen LogP contribution is 2.41. The van der Waals surface area contributed by atoms with Gasteiger partial charge in [-0.3, -0.25) is 4.57 Å². The van der Waals surface area contributed by atoms with E-state index in [9.17, 15) is 0 Å². The minimum Gasteiger partial charge on any atom is -0.309 e. The molecule has 266 valence electrons. The molecule has 0 aliphatic carbocycles. The fourth-order valence-electron chi connectivity index (χ4n) is 8.70. The van der Waals surface area contributed by atoms with Gasteiger partial charge in [0.15, 0.2) is 0 Å². The van der Waals surface area contributed by atoms with Gasteiger partial charge >= 0.3 is 0 Å². The van der Waals surface area contributed by atoms with Gasteiger partial charge in [-0.25, -0.2) is 9.97 Å². The third-order valence-corrected chi connectivity index (χ3v) is 12.5. The van der Waals surface area contributed by atoms with Crippen LogP contribution in [0.1, 0.15) is 0 Å². The highest BCUT2D eigenvalue weighted by atomic mass is 32.1. The standard InChI is InChI=1S/C52H32N4S/c1-3-13-33(14-4-1)34-23-27-38(28-24-34)55-44-20-10-8-18-40(44)43-31-36(26-30-46(43)55)37-25-29-41-39-17-7-11-21-45(39)56(47(41)32-37)52-53-49(35-15-5-2-6-16-35)51-50(54-52)42-19-9-12-22-48(42)57-51/h1-32H. The van der Waals surface area contributed by atoms with Gasteiger partial charge in [-0.2, -0.15) is 0 Å². The van der Waals surface area contributed by atoms with Gasteiger partial charge in [0.05, 0.1) is 38.0 Å². The van der Waals surface area contributed by atoms with Gasteiger partial charge in [-0.15, -0.1) is 11.3 Å². The van der Waals surface area contributed by atoms with E-state index in [2.05, 4.69) is 203 Å². The Morgan fingerprint density at radius 2 is 0.895 bits per heavy atom. The number of nitrogens with zero attached hydrogens (tertiary/aromatic N) is 4. The zero-order chi connectivity index (χ0) is 37.5. The molecule has 0 saturated heterocycles. The predicted octanol–water partition coefficient (Wildman–Crippen LogP) is 14.0. The molecule has 8 aromatic carbocycles. The van der Waals surface area contributed by atoms with E-state index < -0.39 is 0 Å². The number of thiophene rings is 1. The summed E-state index contributed by atoms with van der Waals surface area (Å²) in [5, 5.41) is 5.96. The SMILES string of the molecule is c1ccc(-c2ccc(-n3c4ccccc4c4cc(-c5ccc6c7ccccc7n(-c7nc(-c8ccccc8)c8sc9ccccc9c8n7)c6c5)ccc43)cc2)cc1. The van der Waals surface area contributed by atoms with Crippen LogP contribution in [0.2, 0.25) is 0 Å². The minimum atomic E-state index is 0.671. The van der Waals surface area contributed by atoms with Gasteiger partial charge in [0.25, 0.3) is 0 Å². The van der Waals surface area contributed by atoms with Crippen molar-refractivity contribution in [1.29, 1.82) is 0 Å². The lowest BCUT2D eigenvalue weighted by Crippen LogP contribution is -2.02. The summed E-state index contributed by atoms with van der Waals surface area (Å²) in [4.78, 5) is 10.8. The summed E-state index contributed by atoms with van der Waals surface area (Å²) in [7, 11) is 0. The van der Waals surface area contributed by atoms with Crippen molar-refractivity contribution in [3.05, 3.63) is 194 Å². The zero-order valence-electron chi connectivity index (χ0n) is 30.7. The average Bonchev–Trinajstić information content (AvgIpc) is 3.94. The van der Waals surface area contributed by atoms with Crippen LogP contribution in [0.4, 0.5) is 0 Å². The second-order valence-corrected chi connectivity index (χ2v) is 15.6. The minimum absolute atomic E-state index is 0.671. The summed E-state index contributed by atoms with van der Waals surface area (Å²) in [6.45, 7) is 0. The molecule has 0 aliphatic rings. The molecule has 4 aromatic heterocycles. The number of rotatable bonds is 5. The Hall–Kier alpha value is -7.34. The van der Waals surface area contributed by atoms with Gasteiger partial charge in [0, 0.05) is 42.9 Å². The van der Waals surface area contributed by atoms with E-state index in [0.29, 0.717) is 5.95 Å². The summed E-state index contributed by atoms with van der Waals surface area (Å²) >= 11 is 1.76.